The molecule has 28 heavy (non-hydrogen) atoms. The van der Waals surface area contributed by atoms with Crippen molar-refractivity contribution in [1.29, 1.82) is 0 Å². The van der Waals surface area contributed by atoms with Crippen molar-refractivity contribution in [3.05, 3.63) is 52.9 Å². The van der Waals surface area contributed by atoms with Crippen LogP contribution in [-0.4, -0.2) is 60.7 Å². The highest BCUT2D eigenvalue weighted by Gasteiger charge is 2.24. The number of nitrogens with one attached hydrogen (secondary N) is 1. The number of rotatable bonds is 5. The molecule has 0 atom stereocenters. The van der Waals surface area contributed by atoms with Crippen molar-refractivity contribution in [2.24, 2.45) is 4.99 Å². The highest BCUT2D eigenvalue weighted by Crippen LogP contribution is 2.24. The third-order valence-corrected chi connectivity index (χ3v) is 5.33. The molecule has 1 aromatic heterocycles. The molecular formula is C20H29ClIN5O. The van der Waals surface area contributed by atoms with Crippen molar-refractivity contribution in [1.82, 2.24) is 20.3 Å². The van der Waals surface area contributed by atoms with E-state index in [2.05, 4.69) is 51.2 Å². The normalized spacial score (nSPS) is 16.0. The molecule has 0 unspecified atom stereocenters. The van der Waals surface area contributed by atoms with Crippen LogP contribution in [0.15, 0.2) is 46.1 Å². The van der Waals surface area contributed by atoms with Crippen LogP contribution in [0, 0.1) is 0 Å². The number of halogens is 2. The van der Waals surface area contributed by atoms with Crippen LogP contribution in [0.3, 0.4) is 0 Å². The van der Waals surface area contributed by atoms with E-state index in [9.17, 15) is 0 Å². The second-order valence-corrected chi connectivity index (χ2v) is 7.98. The monoisotopic (exact) mass is 517 g/mol. The molecule has 2 aromatic rings. The molecule has 1 aromatic carbocycles. The van der Waals surface area contributed by atoms with Gasteiger partial charge in [-0.25, -0.2) is 0 Å². The fourth-order valence-electron chi connectivity index (χ4n) is 3.30. The zero-order valence-corrected chi connectivity index (χ0v) is 19.8. The van der Waals surface area contributed by atoms with Crippen LogP contribution in [0.4, 0.5) is 0 Å². The molecule has 3 rings (SSSR count). The van der Waals surface area contributed by atoms with Gasteiger partial charge in [0.05, 0.1) is 5.69 Å². The molecule has 8 heteroatoms. The number of piperazine rings is 1. The smallest absolute Gasteiger partial charge is 0.193 e. The molecule has 1 aliphatic rings. The van der Waals surface area contributed by atoms with Gasteiger partial charge >= 0.3 is 0 Å². The van der Waals surface area contributed by atoms with Gasteiger partial charge in [-0.15, -0.1) is 24.0 Å². The maximum absolute atomic E-state index is 6.02. The summed E-state index contributed by atoms with van der Waals surface area (Å²) in [5, 5.41) is 8.31. The van der Waals surface area contributed by atoms with Crippen molar-refractivity contribution < 1.29 is 4.52 Å². The fourth-order valence-corrected chi connectivity index (χ4v) is 3.43. The van der Waals surface area contributed by atoms with E-state index in [1.165, 1.54) is 5.56 Å². The highest BCUT2D eigenvalue weighted by molar-refractivity contribution is 14.0. The topological polar surface area (TPSA) is 56.9 Å². The predicted octanol–water partition coefficient (Wildman–Crippen LogP) is 3.62. The first kappa shape index (κ1) is 23.0. The minimum atomic E-state index is -0.0185. The Morgan fingerprint density at radius 1 is 1.18 bits per heavy atom. The van der Waals surface area contributed by atoms with E-state index in [0.717, 1.165) is 55.9 Å². The zero-order valence-electron chi connectivity index (χ0n) is 16.7. The number of aliphatic imine (C=N–C) groups is 1. The maximum Gasteiger partial charge on any atom is 0.193 e. The minimum absolute atomic E-state index is 0. The second-order valence-electron chi connectivity index (χ2n) is 7.55. The summed E-state index contributed by atoms with van der Waals surface area (Å²) in [4.78, 5) is 9.19. The Hall–Kier alpha value is -1.32. The van der Waals surface area contributed by atoms with Crippen molar-refractivity contribution >= 4 is 41.5 Å². The summed E-state index contributed by atoms with van der Waals surface area (Å²) in [6, 6.07) is 10.00. The van der Waals surface area contributed by atoms with E-state index in [0.29, 0.717) is 0 Å². The predicted molar refractivity (Wildman–Crippen MR) is 125 cm³/mol. The molecule has 0 aliphatic carbocycles. The number of aromatic nitrogens is 1. The van der Waals surface area contributed by atoms with Gasteiger partial charge in [0.1, 0.15) is 6.26 Å². The van der Waals surface area contributed by atoms with Crippen LogP contribution in [0.1, 0.15) is 25.1 Å². The molecule has 1 saturated heterocycles. The first-order valence-corrected chi connectivity index (χ1v) is 9.69. The van der Waals surface area contributed by atoms with Gasteiger partial charge in [0.15, 0.2) is 5.96 Å². The maximum atomic E-state index is 6.02. The standard InChI is InChI=1S/C20H28ClN5O.HI/c1-20(2,16-4-6-17(21)7-5-16)15-23-19(22-3)26-11-9-25(10-12-26)14-18-8-13-27-24-18;/h4-8,13H,9-12,14-15H2,1-3H3,(H,22,23);1H. The van der Waals surface area contributed by atoms with Crippen LogP contribution in [0.25, 0.3) is 0 Å². The van der Waals surface area contributed by atoms with Gasteiger partial charge in [0.2, 0.25) is 0 Å². The van der Waals surface area contributed by atoms with Crippen molar-refractivity contribution in [3.63, 3.8) is 0 Å². The van der Waals surface area contributed by atoms with Crippen LogP contribution >= 0.6 is 35.6 Å². The molecule has 1 aliphatic heterocycles. The average Bonchev–Trinajstić information content (AvgIpc) is 3.17. The fraction of sp³-hybridized carbons (Fsp3) is 0.500. The molecule has 1 fully saturated rings. The number of guanidine groups is 1. The SMILES string of the molecule is CN=C(NCC(C)(C)c1ccc(Cl)cc1)N1CCN(Cc2ccon2)CC1.I. The van der Waals surface area contributed by atoms with Crippen LogP contribution in [0.5, 0.6) is 0 Å². The number of nitrogens with zero attached hydrogens (tertiary/aromatic N) is 4. The number of benzene rings is 1. The van der Waals surface area contributed by atoms with E-state index >= 15 is 0 Å². The Morgan fingerprint density at radius 3 is 2.43 bits per heavy atom. The number of hydrogen-bond donors (Lipinski definition) is 1. The van der Waals surface area contributed by atoms with Crippen molar-refractivity contribution in [2.45, 2.75) is 25.8 Å². The summed E-state index contributed by atoms with van der Waals surface area (Å²) in [5.74, 6) is 0.957. The van der Waals surface area contributed by atoms with Crippen LogP contribution in [-0.2, 0) is 12.0 Å². The van der Waals surface area contributed by atoms with E-state index in [1.54, 1.807) is 6.26 Å². The van der Waals surface area contributed by atoms with E-state index < -0.39 is 0 Å². The second kappa shape index (κ2) is 10.5. The molecule has 0 spiro atoms. The van der Waals surface area contributed by atoms with E-state index in [1.807, 2.05) is 25.2 Å². The molecule has 154 valence electrons. The van der Waals surface area contributed by atoms with Gasteiger partial charge in [-0.05, 0) is 17.7 Å². The summed E-state index contributed by atoms with van der Waals surface area (Å²) in [5.41, 5.74) is 2.22. The Labute approximate surface area is 189 Å². The summed E-state index contributed by atoms with van der Waals surface area (Å²) in [7, 11) is 1.85. The molecule has 6 nitrogen and oxygen atoms in total. The molecule has 0 radical (unpaired) electrons. The molecule has 0 saturated carbocycles. The Balaban J connectivity index is 0.00000280. The molecule has 1 N–H and O–H groups in total. The third kappa shape index (κ3) is 6.09. The highest BCUT2D eigenvalue weighted by atomic mass is 127. The lowest BCUT2D eigenvalue weighted by molar-refractivity contribution is 0.168. The average molecular weight is 518 g/mol. The first-order chi connectivity index (χ1) is 13.0. The summed E-state index contributed by atoms with van der Waals surface area (Å²) >= 11 is 6.02. The first-order valence-electron chi connectivity index (χ1n) is 9.31. The van der Waals surface area contributed by atoms with Gasteiger partial charge in [0.25, 0.3) is 0 Å². The molecule has 2 heterocycles. The molecular weight excluding hydrogens is 489 g/mol. The summed E-state index contributed by atoms with van der Waals surface area (Å²) < 4.78 is 4.92. The van der Waals surface area contributed by atoms with Crippen molar-refractivity contribution in [2.75, 3.05) is 39.8 Å². The van der Waals surface area contributed by atoms with Gasteiger partial charge in [-0.3, -0.25) is 9.89 Å². The lowest BCUT2D eigenvalue weighted by Gasteiger charge is -2.37. The third-order valence-electron chi connectivity index (χ3n) is 5.07. The minimum Gasteiger partial charge on any atom is -0.364 e. The van der Waals surface area contributed by atoms with Crippen molar-refractivity contribution in [3.8, 4) is 0 Å². The summed E-state index contributed by atoms with van der Waals surface area (Å²) in [6.45, 7) is 9.94. The van der Waals surface area contributed by atoms with Crippen LogP contribution in [0.2, 0.25) is 5.02 Å². The quantitative estimate of drug-likeness (QED) is 0.373. The van der Waals surface area contributed by atoms with Crippen LogP contribution < -0.4 is 5.32 Å². The summed E-state index contributed by atoms with van der Waals surface area (Å²) in [6.07, 6.45) is 1.62. The Bertz CT molecular complexity index is 740. The lowest BCUT2D eigenvalue weighted by atomic mass is 9.84. The van der Waals surface area contributed by atoms with Gasteiger partial charge in [-0.1, -0.05) is 42.7 Å². The van der Waals surface area contributed by atoms with E-state index in [4.69, 9.17) is 16.1 Å². The lowest BCUT2D eigenvalue weighted by Crippen LogP contribution is -2.53. The van der Waals surface area contributed by atoms with E-state index in [-0.39, 0.29) is 29.4 Å². The van der Waals surface area contributed by atoms with Gasteiger partial charge in [-0.2, -0.15) is 0 Å². The Morgan fingerprint density at radius 2 is 1.86 bits per heavy atom. The van der Waals surface area contributed by atoms with Gasteiger partial charge < -0.3 is 14.7 Å². The number of hydrogen-bond acceptors (Lipinski definition) is 4. The molecule has 0 bridgehead atoms. The van der Waals surface area contributed by atoms with Gasteiger partial charge in [0, 0.05) is 62.8 Å². The zero-order chi connectivity index (χ0) is 19.3. The molecule has 0 amide bonds. The largest absolute Gasteiger partial charge is 0.364 e. The Kier molecular flexibility index (Phi) is 8.57.